The van der Waals surface area contributed by atoms with Gasteiger partial charge in [-0.25, -0.2) is 4.79 Å². The smallest absolute Gasteiger partial charge is 0.332 e. The highest BCUT2D eigenvalue weighted by Crippen LogP contribution is 2.09. The summed E-state index contributed by atoms with van der Waals surface area (Å²) >= 11 is 0. The van der Waals surface area contributed by atoms with E-state index in [0.29, 0.717) is 0 Å². The summed E-state index contributed by atoms with van der Waals surface area (Å²) in [6, 6.07) is 0. The molecule has 6 N–H and O–H groups in total. The Morgan fingerprint density at radius 2 is 1.67 bits per heavy atom. The van der Waals surface area contributed by atoms with Crippen LogP contribution in [0.4, 0.5) is 0 Å². The fraction of sp³-hybridized carbons (Fsp3) is 0.700. The SMILES string of the molecule is C/C=C/C(=O)OC(O)[C@H](O)[C@H](O)[C@H](O)[C@@H](O)CO. The number of aliphatic hydroxyl groups excluding tert-OH is 6. The summed E-state index contributed by atoms with van der Waals surface area (Å²) in [7, 11) is 0. The fourth-order valence-electron chi connectivity index (χ4n) is 1.07. The van der Waals surface area contributed by atoms with Crippen LogP contribution in [0.15, 0.2) is 12.2 Å². The molecule has 8 nitrogen and oxygen atoms in total. The zero-order valence-corrected chi connectivity index (χ0v) is 9.75. The second-order valence-corrected chi connectivity index (χ2v) is 3.55. The van der Waals surface area contributed by atoms with Gasteiger partial charge in [-0.05, 0) is 6.92 Å². The van der Waals surface area contributed by atoms with Crippen LogP contribution in [0.2, 0.25) is 0 Å². The van der Waals surface area contributed by atoms with Gasteiger partial charge in [-0.2, -0.15) is 0 Å². The first-order valence-corrected chi connectivity index (χ1v) is 5.19. The molecule has 8 heteroatoms. The van der Waals surface area contributed by atoms with E-state index in [-0.39, 0.29) is 0 Å². The number of carbonyl (C=O) groups is 1. The average molecular weight is 266 g/mol. The first-order valence-electron chi connectivity index (χ1n) is 5.19. The Morgan fingerprint density at radius 1 is 1.11 bits per heavy atom. The predicted molar refractivity (Wildman–Crippen MR) is 58.0 cm³/mol. The Labute approximate surface area is 103 Å². The van der Waals surface area contributed by atoms with E-state index in [0.717, 1.165) is 6.08 Å². The van der Waals surface area contributed by atoms with Crippen LogP contribution in [0.25, 0.3) is 0 Å². The highest BCUT2D eigenvalue weighted by atomic mass is 16.6. The highest BCUT2D eigenvalue weighted by Gasteiger charge is 2.35. The Kier molecular flexibility index (Phi) is 7.67. The van der Waals surface area contributed by atoms with Crippen molar-refractivity contribution in [1.82, 2.24) is 0 Å². The highest BCUT2D eigenvalue weighted by molar-refractivity contribution is 5.81. The summed E-state index contributed by atoms with van der Waals surface area (Å²) in [6.07, 6.45) is -7.41. The van der Waals surface area contributed by atoms with Crippen molar-refractivity contribution in [3.05, 3.63) is 12.2 Å². The summed E-state index contributed by atoms with van der Waals surface area (Å²) in [4.78, 5) is 10.9. The van der Waals surface area contributed by atoms with Gasteiger partial charge in [0.15, 0.2) is 0 Å². The number of hydrogen-bond acceptors (Lipinski definition) is 8. The number of aliphatic hydroxyl groups is 6. The van der Waals surface area contributed by atoms with Gasteiger partial charge < -0.3 is 35.4 Å². The van der Waals surface area contributed by atoms with Crippen molar-refractivity contribution in [2.24, 2.45) is 0 Å². The molecule has 0 aliphatic rings. The van der Waals surface area contributed by atoms with Gasteiger partial charge in [-0.1, -0.05) is 6.08 Å². The maximum Gasteiger partial charge on any atom is 0.332 e. The van der Waals surface area contributed by atoms with Crippen LogP contribution in [0.5, 0.6) is 0 Å². The van der Waals surface area contributed by atoms with Gasteiger partial charge in [0.25, 0.3) is 0 Å². The molecule has 106 valence electrons. The Bertz CT molecular complexity index is 279. The molecule has 0 heterocycles. The molecular formula is C10H18O8. The van der Waals surface area contributed by atoms with E-state index in [4.69, 9.17) is 10.2 Å². The quantitative estimate of drug-likeness (QED) is 0.161. The van der Waals surface area contributed by atoms with Gasteiger partial charge in [0.05, 0.1) is 6.61 Å². The molecule has 0 aliphatic heterocycles. The molecule has 0 rings (SSSR count). The zero-order chi connectivity index (χ0) is 14.3. The second kappa shape index (κ2) is 8.14. The van der Waals surface area contributed by atoms with Crippen LogP contribution in [0.3, 0.4) is 0 Å². The lowest BCUT2D eigenvalue weighted by molar-refractivity contribution is -0.210. The van der Waals surface area contributed by atoms with Gasteiger partial charge in [0.2, 0.25) is 6.29 Å². The van der Waals surface area contributed by atoms with Gasteiger partial charge in [0.1, 0.15) is 24.4 Å². The standard InChI is InChI=1S/C10H18O8/c1-2-3-6(13)18-10(17)9(16)8(15)7(14)5(12)4-11/h2-3,5,7-12,14-17H,4H2,1H3/b3-2+/t5-,7+,8+,9+,10?/m0/s1. The first-order chi connectivity index (χ1) is 8.34. The summed E-state index contributed by atoms with van der Waals surface area (Å²) in [6.45, 7) is 0.680. The molecule has 0 aromatic rings. The molecule has 0 amide bonds. The van der Waals surface area contributed by atoms with Crippen molar-refractivity contribution in [2.75, 3.05) is 6.61 Å². The summed E-state index contributed by atoms with van der Waals surface area (Å²) < 4.78 is 4.30. The third-order valence-corrected chi connectivity index (χ3v) is 2.11. The molecule has 0 saturated carbocycles. The van der Waals surface area contributed by atoms with Crippen molar-refractivity contribution in [1.29, 1.82) is 0 Å². The van der Waals surface area contributed by atoms with E-state index >= 15 is 0 Å². The predicted octanol–water partition coefficient (Wildman–Crippen LogP) is -3.14. The van der Waals surface area contributed by atoms with Crippen molar-refractivity contribution in [2.45, 2.75) is 37.6 Å². The Balaban J connectivity index is 4.44. The van der Waals surface area contributed by atoms with Crippen LogP contribution in [-0.2, 0) is 9.53 Å². The number of esters is 1. The van der Waals surface area contributed by atoms with Gasteiger partial charge in [-0.3, -0.25) is 0 Å². The number of ether oxygens (including phenoxy) is 1. The maximum atomic E-state index is 10.9. The molecular weight excluding hydrogens is 248 g/mol. The second-order valence-electron chi connectivity index (χ2n) is 3.55. The number of hydrogen-bond donors (Lipinski definition) is 6. The van der Waals surface area contributed by atoms with Crippen LogP contribution >= 0.6 is 0 Å². The normalized spacial score (nSPS) is 20.2. The molecule has 18 heavy (non-hydrogen) atoms. The number of allylic oxidation sites excluding steroid dienone is 1. The minimum absolute atomic E-state index is 0.848. The number of carbonyl (C=O) groups excluding carboxylic acids is 1. The molecule has 0 aliphatic carbocycles. The molecule has 0 bridgehead atoms. The Hall–Kier alpha value is -1.03. The summed E-state index contributed by atoms with van der Waals surface area (Å²) in [5.74, 6) is -0.951. The van der Waals surface area contributed by atoms with Crippen LogP contribution in [0.1, 0.15) is 6.92 Å². The average Bonchev–Trinajstić information content (AvgIpc) is 2.35. The third kappa shape index (κ3) is 5.08. The van der Waals surface area contributed by atoms with Gasteiger partial charge in [-0.15, -0.1) is 0 Å². The van der Waals surface area contributed by atoms with E-state index in [2.05, 4.69) is 4.74 Å². The van der Waals surface area contributed by atoms with E-state index in [1.54, 1.807) is 0 Å². The first kappa shape index (κ1) is 17.0. The van der Waals surface area contributed by atoms with Crippen LogP contribution < -0.4 is 0 Å². The van der Waals surface area contributed by atoms with Crippen LogP contribution in [0, 0.1) is 0 Å². The monoisotopic (exact) mass is 266 g/mol. The van der Waals surface area contributed by atoms with Crippen molar-refractivity contribution >= 4 is 5.97 Å². The minimum atomic E-state index is -2.08. The largest absolute Gasteiger partial charge is 0.430 e. The summed E-state index contributed by atoms with van der Waals surface area (Å²) in [5.41, 5.74) is 0. The third-order valence-electron chi connectivity index (χ3n) is 2.11. The topological polar surface area (TPSA) is 148 Å². The Morgan fingerprint density at radius 3 is 2.11 bits per heavy atom. The van der Waals surface area contributed by atoms with Crippen molar-refractivity contribution < 1.29 is 40.2 Å². The lowest BCUT2D eigenvalue weighted by atomic mass is 10.0. The molecule has 0 fully saturated rings. The van der Waals surface area contributed by atoms with E-state index in [9.17, 15) is 25.2 Å². The fourth-order valence-corrected chi connectivity index (χ4v) is 1.07. The van der Waals surface area contributed by atoms with Crippen molar-refractivity contribution in [3.8, 4) is 0 Å². The van der Waals surface area contributed by atoms with E-state index in [1.165, 1.54) is 13.0 Å². The summed E-state index contributed by atoms with van der Waals surface area (Å²) in [5, 5.41) is 54.8. The van der Waals surface area contributed by atoms with E-state index < -0.39 is 43.3 Å². The zero-order valence-electron chi connectivity index (χ0n) is 9.75. The van der Waals surface area contributed by atoms with Crippen molar-refractivity contribution in [3.63, 3.8) is 0 Å². The molecule has 0 aromatic heterocycles. The lowest BCUT2D eigenvalue weighted by Crippen LogP contribution is -2.50. The maximum absolute atomic E-state index is 10.9. The number of rotatable bonds is 7. The molecule has 1 unspecified atom stereocenters. The molecule has 5 atom stereocenters. The molecule has 0 aromatic carbocycles. The molecule has 0 spiro atoms. The van der Waals surface area contributed by atoms with E-state index in [1.807, 2.05) is 0 Å². The molecule has 0 radical (unpaired) electrons. The minimum Gasteiger partial charge on any atom is -0.430 e. The van der Waals surface area contributed by atoms with Gasteiger partial charge >= 0.3 is 5.97 Å². The molecule has 0 saturated heterocycles. The van der Waals surface area contributed by atoms with Crippen LogP contribution in [-0.4, -0.2) is 73.9 Å². The van der Waals surface area contributed by atoms with Gasteiger partial charge in [0, 0.05) is 6.08 Å². The lowest BCUT2D eigenvalue weighted by Gasteiger charge is -2.27.